The van der Waals surface area contributed by atoms with Crippen molar-refractivity contribution in [3.05, 3.63) is 53.6 Å². The van der Waals surface area contributed by atoms with Gasteiger partial charge in [-0.3, -0.25) is 9.79 Å². The summed E-state index contributed by atoms with van der Waals surface area (Å²) in [5.41, 5.74) is 9.23. The van der Waals surface area contributed by atoms with Gasteiger partial charge in [-0.1, -0.05) is 12.1 Å². The molecule has 1 amide bonds. The highest BCUT2D eigenvalue weighted by Gasteiger charge is 2.20. The first-order valence-electron chi connectivity index (χ1n) is 7.53. The number of nitrogen functional groups attached to an aromatic ring is 1. The predicted molar refractivity (Wildman–Crippen MR) is 92.3 cm³/mol. The average Bonchev–Trinajstić information content (AvgIpc) is 2.74. The van der Waals surface area contributed by atoms with Crippen molar-refractivity contribution in [1.82, 2.24) is 0 Å². The second-order valence-corrected chi connectivity index (χ2v) is 5.50. The van der Waals surface area contributed by atoms with Gasteiger partial charge in [-0.2, -0.15) is 0 Å². The maximum absolute atomic E-state index is 12.6. The molecule has 0 radical (unpaired) electrons. The van der Waals surface area contributed by atoms with E-state index in [0.717, 1.165) is 16.8 Å². The number of aliphatic imine (C=N–C) groups is 1. The molecule has 1 heterocycles. The number of carbonyl (C=O) groups is 1. The van der Waals surface area contributed by atoms with Gasteiger partial charge >= 0.3 is 0 Å². The number of carbonyl (C=O) groups excluding carboxylic acids is 1. The van der Waals surface area contributed by atoms with Crippen molar-refractivity contribution in [2.45, 2.75) is 6.92 Å². The molecule has 0 unspecified atom stereocenters. The van der Waals surface area contributed by atoms with Crippen LogP contribution >= 0.6 is 0 Å². The summed E-state index contributed by atoms with van der Waals surface area (Å²) in [5.74, 6) is 0.602. The lowest BCUT2D eigenvalue weighted by atomic mass is 10.1. The molecule has 1 aliphatic heterocycles. The molecule has 0 aromatic heterocycles. The van der Waals surface area contributed by atoms with E-state index in [-0.39, 0.29) is 12.5 Å². The maximum Gasteiger partial charge on any atom is 0.264 e. The molecule has 0 atom stereocenters. The van der Waals surface area contributed by atoms with Gasteiger partial charge in [0.1, 0.15) is 5.75 Å². The first-order chi connectivity index (χ1) is 11.1. The van der Waals surface area contributed by atoms with Crippen LogP contribution in [-0.4, -0.2) is 31.8 Å². The minimum Gasteiger partial charge on any atom is -0.484 e. The fourth-order valence-electron chi connectivity index (χ4n) is 2.55. The Labute approximate surface area is 135 Å². The average molecular weight is 309 g/mol. The van der Waals surface area contributed by atoms with Gasteiger partial charge in [0.15, 0.2) is 6.61 Å². The quantitative estimate of drug-likeness (QED) is 0.885. The van der Waals surface area contributed by atoms with Gasteiger partial charge in [-0.05, 0) is 42.8 Å². The molecule has 118 valence electrons. The van der Waals surface area contributed by atoms with Crippen LogP contribution in [0.5, 0.6) is 5.75 Å². The van der Waals surface area contributed by atoms with E-state index in [1.165, 1.54) is 0 Å². The van der Waals surface area contributed by atoms with Crippen LogP contribution in [0.4, 0.5) is 11.4 Å². The van der Waals surface area contributed by atoms with E-state index in [1.54, 1.807) is 17.2 Å². The molecule has 0 bridgehead atoms. The number of nitrogens with zero attached hydrogens (tertiary/aromatic N) is 2. The van der Waals surface area contributed by atoms with Crippen molar-refractivity contribution in [3.63, 3.8) is 0 Å². The number of hydrogen-bond donors (Lipinski definition) is 1. The highest BCUT2D eigenvalue weighted by molar-refractivity contribution is 6.01. The van der Waals surface area contributed by atoms with E-state index in [2.05, 4.69) is 4.99 Å². The molecule has 0 saturated carbocycles. The monoisotopic (exact) mass is 309 g/mol. The number of amides is 1. The zero-order chi connectivity index (χ0) is 16.2. The van der Waals surface area contributed by atoms with Crippen molar-refractivity contribution < 1.29 is 9.53 Å². The molecule has 5 heteroatoms. The number of aryl methyl sites for hydroxylation is 1. The smallest absolute Gasteiger partial charge is 0.264 e. The summed E-state index contributed by atoms with van der Waals surface area (Å²) in [7, 11) is 0. The molecule has 2 N–H and O–H groups in total. The molecule has 23 heavy (non-hydrogen) atoms. The molecule has 2 aromatic rings. The Kier molecular flexibility index (Phi) is 4.28. The van der Waals surface area contributed by atoms with E-state index in [0.29, 0.717) is 24.5 Å². The molecule has 0 spiro atoms. The first kappa shape index (κ1) is 15.1. The highest BCUT2D eigenvalue weighted by atomic mass is 16.5. The number of anilines is 2. The minimum atomic E-state index is -0.0944. The third-order valence-corrected chi connectivity index (χ3v) is 3.68. The summed E-state index contributed by atoms with van der Waals surface area (Å²) in [5, 5.41) is 0. The van der Waals surface area contributed by atoms with Crippen molar-refractivity contribution in [3.8, 4) is 5.75 Å². The number of nitrogens with two attached hydrogens (primary N) is 1. The lowest BCUT2D eigenvalue weighted by molar-refractivity contribution is -0.120. The van der Waals surface area contributed by atoms with Crippen molar-refractivity contribution >= 4 is 23.5 Å². The summed E-state index contributed by atoms with van der Waals surface area (Å²) < 4.78 is 5.62. The van der Waals surface area contributed by atoms with Gasteiger partial charge in [0.05, 0.1) is 12.2 Å². The molecular formula is C18H19N3O2. The SMILES string of the molecule is Cc1cccc(OCC(=O)N2CCN=Cc3cc(N)ccc32)c1. The molecule has 1 aliphatic rings. The van der Waals surface area contributed by atoms with Gasteiger partial charge in [0.25, 0.3) is 5.91 Å². The summed E-state index contributed by atoms with van der Waals surface area (Å²) in [6.45, 7) is 3.07. The molecule has 5 nitrogen and oxygen atoms in total. The Morgan fingerprint density at radius 2 is 2.17 bits per heavy atom. The van der Waals surface area contributed by atoms with Crippen LogP contribution in [0.15, 0.2) is 47.5 Å². The third kappa shape index (κ3) is 3.51. The van der Waals surface area contributed by atoms with Crippen LogP contribution in [0, 0.1) is 6.92 Å². The Morgan fingerprint density at radius 1 is 1.30 bits per heavy atom. The van der Waals surface area contributed by atoms with E-state index < -0.39 is 0 Å². The van der Waals surface area contributed by atoms with Crippen molar-refractivity contribution in [2.75, 3.05) is 30.3 Å². The van der Waals surface area contributed by atoms with E-state index >= 15 is 0 Å². The number of rotatable bonds is 3. The van der Waals surface area contributed by atoms with Crippen LogP contribution in [0.3, 0.4) is 0 Å². The summed E-state index contributed by atoms with van der Waals surface area (Å²) in [6.07, 6.45) is 1.76. The Morgan fingerprint density at radius 3 is 3.00 bits per heavy atom. The van der Waals surface area contributed by atoms with Gasteiger partial charge in [-0.25, -0.2) is 0 Å². The van der Waals surface area contributed by atoms with Crippen LogP contribution in [0.25, 0.3) is 0 Å². The number of ether oxygens (including phenoxy) is 1. The second-order valence-electron chi connectivity index (χ2n) is 5.50. The second kappa shape index (κ2) is 6.52. The number of fused-ring (bicyclic) bond motifs is 1. The molecule has 0 saturated heterocycles. The van der Waals surface area contributed by atoms with Crippen LogP contribution in [0.1, 0.15) is 11.1 Å². The Bertz CT molecular complexity index is 756. The summed E-state index contributed by atoms with van der Waals surface area (Å²) in [6, 6.07) is 13.1. The molecular weight excluding hydrogens is 290 g/mol. The minimum absolute atomic E-state index is 0.00668. The topological polar surface area (TPSA) is 67.9 Å². The van der Waals surface area contributed by atoms with Crippen LogP contribution < -0.4 is 15.4 Å². The number of benzodiazepines with no additional fused rings is 1. The van der Waals surface area contributed by atoms with Gasteiger partial charge < -0.3 is 15.4 Å². The molecule has 2 aromatic carbocycles. The lowest BCUT2D eigenvalue weighted by Crippen LogP contribution is -2.36. The fourth-order valence-corrected chi connectivity index (χ4v) is 2.55. The zero-order valence-corrected chi connectivity index (χ0v) is 13.0. The lowest BCUT2D eigenvalue weighted by Gasteiger charge is -2.22. The Balaban J connectivity index is 1.75. The summed E-state index contributed by atoms with van der Waals surface area (Å²) in [4.78, 5) is 18.6. The number of hydrogen-bond acceptors (Lipinski definition) is 4. The van der Waals surface area contributed by atoms with Gasteiger partial charge in [0, 0.05) is 24.0 Å². The van der Waals surface area contributed by atoms with Gasteiger partial charge in [0.2, 0.25) is 0 Å². The van der Waals surface area contributed by atoms with Crippen molar-refractivity contribution in [1.29, 1.82) is 0 Å². The Hall–Kier alpha value is -2.82. The molecule has 0 aliphatic carbocycles. The van der Waals surface area contributed by atoms with E-state index in [1.807, 2.05) is 43.3 Å². The standard InChI is InChI=1S/C18H19N3O2/c1-13-3-2-4-16(9-13)23-12-18(22)21-8-7-20-11-14-10-15(19)5-6-17(14)21/h2-6,9-11H,7-8,12,19H2,1H3. The summed E-state index contributed by atoms with van der Waals surface area (Å²) >= 11 is 0. The predicted octanol–water partition coefficient (Wildman–Crippen LogP) is 2.42. The van der Waals surface area contributed by atoms with E-state index in [9.17, 15) is 4.79 Å². The first-order valence-corrected chi connectivity index (χ1v) is 7.53. The zero-order valence-electron chi connectivity index (χ0n) is 13.0. The highest BCUT2D eigenvalue weighted by Crippen LogP contribution is 2.24. The largest absolute Gasteiger partial charge is 0.484 e. The van der Waals surface area contributed by atoms with E-state index in [4.69, 9.17) is 10.5 Å². The normalized spacial score (nSPS) is 13.3. The molecule has 0 fully saturated rings. The third-order valence-electron chi connectivity index (χ3n) is 3.68. The van der Waals surface area contributed by atoms with Gasteiger partial charge in [-0.15, -0.1) is 0 Å². The number of benzene rings is 2. The van der Waals surface area contributed by atoms with Crippen LogP contribution in [0.2, 0.25) is 0 Å². The van der Waals surface area contributed by atoms with Crippen LogP contribution in [-0.2, 0) is 4.79 Å². The molecule has 3 rings (SSSR count). The maximum atomic E-state index is 12.6. The van der Waals surface area contributed by atoms with Crippen molar-refractivity contribution in [2.24, 2.45) is 4.99 Å². The fraction of sp³-hybridized carbons (Fsp3) is 0.222.